The SMILES string of the molecule is CC(C)C(C)NCC(c1ccco1)N(C)C. The molecule has 0 radical (unpaired) electrons. The van der Waals surface area contributed by atoms with Crippen molar-refractivity contribution in [1.82, 2.24) is 10.2 Å². The van der Waals surface area contributed by atoms with Crippen LogP contribution in [0.2, 0.25) is 0 Å². The molecule has 92 valence electrons. The Kier molecular flexibility index (Phi) is 5.03. The molecule has 0 fully saturated rings. The third kappa shape index (κ3) is 3.65. The lowest BCUT2D eigenvalue weighted by molar-refractivity contribution is 0.238. The van der Waals surface area contributed by atoms with Gasteiger partial charge in [-0.15, -0.1) is 0 Å². The van der Waals surface area contributed by atoms with E-state index in [-0.39, 0.29) is 0 Å². The first-order valence-electron chi connectivity index (χ1n) is 5.95. The molecular weight excluding hydrogens is 200 g/mol. The molecule has 0 saturated carbocycles. The molecular formula is C13H24N2O. The van der Waals surface area contributed by atoms with Crippen LogP contribution in [0, 0.1) is 5.92 Å². The second-order valence-electron chi connectivity index (χ2n) is 4.94. The summed E-state index contributed by atoms with van der Waals surface area (Å²) >= 11 is 0. The van der Waals surface area contributed by atoms with Crippen LogP contribution in [0.1, 0.15) is 32.6 Å². The second-order valence-corrected chi connectivity index (χ2v) is 4.94. The maximum Gasteiger partial charge on any atom is 0.122 e. The van der Waals surface area contributed by atoms with E-state index in [1.165, 1.54) is 0 Å². The van der Waals surface area contributed by atoms with Gasteiger partial charge in [0, 0.05) is 12.6 Å². The molecule has 1 N–H and O–H groups in total. The van der Waals surface area contributed by atoms with Gasteiger partial charge in [-0.3, -0.25) is 4.90 Å². The van der Waals surface area contributed by atoms with Crippen LogP contribution in [-0.2, 0) is 0 Å². The van der Waals surface area contributed by atoms with Crippen molar-refractivity contribution in [3.8, 4) is 0 Å². The highest BCUT2D eigenvalue weighted by atomic mass is 16.3. The Morgan fingerprint density at radius 3 is 2.44 bits per heavy atom. The van der Waals surface area contributed by atoms with Gasteiger partial charge in [-0.05, 0) is 39.1 Å². The molecule has 0 aromatic carbocycles. The van der Waals surface area contributed by atoms with Crippen LogP contribution in [0.25, 0.3) is 0 Å². The Bertz CT molecular complexity index is 280. The van der Waals surface area contributed by atoms with Crippen molar-refractivity contribution in [1.29, 1.82) is 0 Å². The van der Waals surface area contributed by atoms with Gasteiger partial charge in [-0.1, -0.05) is 13.8 Å². The fourth-order valence-corrected chi connectivity index (χ4v) is 1.55. The lowest BCUT2D eigenvalue weighted by Crippen LogP contribution is -2.37. The molecule has 0 bridgehead atoms. The molecule has 3 nitrogen and oxygen atoms in total. The van der Waals surface area contributed by atoms with Gasteiger partial charge in [0.1, 0.15) is 5.76 Å². The van der Waals surface area contributed by atoms with Crippen LogP contribution < -0.4 is 5.32 Å². The molecule has 1 aromatic rings. The lowest BCUT2D eigenvalue weighted by Gasteiger charge is -2.26. The third-order valence-electron chi connectivity index (χ3n) is 3.13. The summed E-state index contributed by atoms with van der Waals surface area (Å²) < 4.78 is 5.47. The average Bonchev–Trinajstić information content (AvgIpc) is 2.70. The van der Waals surface area contributed by atoms with Crippen molar-refractivity contribution in [2.75, 3.05) is 20.6 Å². The largest absolute Gasteiger partial charge is 0.468 e. The molecule has 2 unspecified atom stereocenters. The molecule has 1 aromatic heterocycles. The van der Waals surface area contributed by atoms with Gasteiger partial charge in [0.2, 0.25) is 0 Å². The quantitative estimate of drug-likeness (QED) is 0.805. The van der Waals surface area contributed by atoms with E-state index in [4.69, 9.17) is 4.42 Å². The predicted octanol–water partition coefficient (Wildman–Crippen LogP) is 2.52. The number of likely N-dealkylation sites (N-methyl/N-ethyl adjacent to an activating group) is 1. The zero-order valence-electron chi connectivity index (χ0n) is 11.0. The molecule has 0 amide bonds. The van der Waals surface area contributed by atoms with Gasteiger partial charge in [0.25, 0.3) is 0 Å². The fourth-order valence-electron chi connectivity index (χ4n) is 1.55. The van der Waals surface area contributed by atoms with E-state index in [2.05, 4.69) is 45.1 Å². The molecule has 3 heteroatoms. The summed E-state index contributed by atoms with van der Waals surface area (Å²) in [6.45, 7) is 7.60. The predicted molar refractivity (Wildman–Crippen MR) is 67.4 cm³/mol. The summed E-state index contributed by atoms with van der Waals surface area (Å²) in [5.41, 5.74) is 0. The molecule has 16 heavy (non-hydrogen) atoms. The smallest absolute Gasteiger partial charge is 0.122 e. The third-order valence-corrected chi connectivity index (χ3v) is 3.13. The van der Waals surface area contributed by atoms with Gasteiger partial charge in [-0.2, -0.15) is 0 Å². The van der Waals surface area contributed by atoms with Crippen LogP contribution in [0.4, 0.5) is 0 Å². The van der Waals surface area contributed by atoms with Gasteiger partial charge in [-0.25, -0.2) is 0 Å². The second kappa shape index (κ2) is 6.06. The first kappa shape index (κ1) is 13.3. The highest BCUT2D eigenvalue weighted by Gasteiger charge is 2.18. The highest BCUT2D eigenvalue weighted by molar-refractivity contribution is 5.05. The standard InChI is InChI=1S/C13H24N2O/c1-10(2)11(3)14-9-12(15(4)5)13-7-6-8-16-13/h6-8,10-12,14H,9H2,1-5H3. The van der Waals surface area contributed by atoms with Crippen LogP contribution in [0.3, 0.4) is 0 Å². The number of hydrogen-bond acceptors (Lipinski definition) is 3. The molecule has 0 aliphatic rings. The van der Waals surface area contributed by atoms with E-state index in [0.29, 0.717) is 18.0 Å². The van der Waals surface area contributed by atoms with E-state index in [1.54, 1.807) is 6.26 Å². The normalized spacial score (nSPS) is 15.7. The Hall–Kier alpha value is -0.800. The van der Waals surface area contributed by atoms with Crippen molar-refractivity contribution in [3.63, 3.8) is 0 Å². The zero-order valence-corrected chi connectivity index (χ0v) is 11.0. The number of nitrogens with zero attached hydrogens (tertiary/aromatic N) is 1. The number of hydrogen-bond donors (Lipinski definition) is 1. The Balaban J connectivity index is 2.53. The minimum absolute atomic E-state index is 0.302. The first-order valence-corrected chi connectivity index (χ1v) is 5.95. The lowest BCUT2D eigenvalue weighted by atomic mass is 10.1. The van der Waals surface area contributed by atoms with E-state index in [1.807, 2.05) is 12.1 Å². The van der Waals surface area contributed by atoms with Gasteiger partial charge in [0.05, 0.1) is 12.3 Å². The molecule has 1 heterocycles. The topological polar surface area (TPSA) is 28.4 Å². The monoisotopic (exact) mass is 224 g/mol. The summed E-state index contributed by atoms with van der Waals surface area (Å²) in [6, 6.07) is 4.80. The number of furan rings is 1. The van der Waals surface area contributed by atoms with E-state index in [0.717, 1.165) is 12.3 Å². The fraction of sp³-hybridized carbons (Fsp3) is 0.692. The van der Waals surface area contributed by atoms with E-state index < -0.39 is 0 Å². The Labute approximate surface area is 98.8 Å². The van der Waals surface area contributed by atoms with Gasteiger partial charge < -0.3 is 9.73 Å². The summed E-state index contributed by atoms with van der Waals surface area (Å²) in [6.07, 6.45) is 1.73. The zero-order chi connectivity index (χ0) is 12.1. The Morgan fingerprint density at radius 1 is 1.31 bits per heavy atom. The van der Waals surface area contributed by atoms with Crippen molar-refractivity contribution >= 4 is 0 Å². The molecule has 0 aliphatic carbocycles. The maximum absolute atomic E-state index is 5.47. The minimum atomic E-state index is 0.302. The minimum Gasteiger partial charge on any atom is -0.468 e. The number of rotatable bonds is 6. The van der Waals surface area contributed by atoms with Crippen LogP contribution in [-0.4, -0.2) is 31.6 Å². The average molecular weight is 224 g/mol. The van der Waals surface area contributed by atoms with Crippen LogP contribution in [0.15, 0.2) is 22.8 Å². The first-order chi connectivity index (χ1) is 7.52. The van der Waals surface area contributed by atoms with Crippen molar-refractivity contribution in [2.45, 2.75) is 32.9 Å². The van der Waals surface area contributed by atoms with Crippen molar-refractivity contribution < 1.29 is 4.42 Å². The summed E-state index contributed by atoms with van der Waals surface area (Å²) in [5, 5.41) is 3.55. The molecule has 0 spiro atoms. The van der Waals surface area contributed by atoms with Crippen molar-refractivity contribution in [3.05, 3.63) is 24.2 Å². The van der Waals surface area contributed by atoms with Crippen LogP contribution >= 0.6 is 0 Å². The molecule has 0 aliphatic heterocycles. The van der Waals surface area contributed by atoms with E-state index >= 15 is 0 Å². The van der Waals surface area contributed by atoms with Gasteiger partial charge in [0.15, 0.2) is 0 Å². The molecule has 0 saturated heterocycles. The number of nitrogens with one attached hydrogen (secondary N) is 1. The summed E-state index contributed by atoms with van der Waals surface area (Å²) in [5.74, 6) is 1.67. The highest BCUT2D eigenvalue weighted by Crippen LogP contribution is 2.18. The van der Waals surface area contributed by atoms with Gasteiger partial charge >= 0.3 is 0 Å². The maximum atomic E-state index is 5.47. The molecule has 1 rings (SSSR count). The summed E-state index contributed by atoms with van der Waals surface area (Å²) in [4.78, 5) is 2.18. The van der Waals surface area contributed by atoms with Crippen molar-refractivity contribution in [2.24, 2.45) is 5.92 Å². The Morgan fingerprint density at radius 2 is 2.00 bits per heavy atom. The summed E-state index contributed by atoms with van der Waals surface area (Å²) in [7, 11) is 4.16. The van der Waals surface area contributed by atoms with Crippen LogP contribution in [0.5, 0.6) is 0 Å². The molecule has 2 atom stereocenters. The van der Waals surface area contributed by atoms with E-state index in [9.17, 15) is 0 Å².